The molecule has 198 valence electrons. The Kier molecular flexibility index (Phi) is 7.14. The number of piperazine rings is 1. The summed E-state index contributed by atoms with van der Waals surface area (Å²) in [4.78, 5) is 21.3. The van der Waals surface area contributed by atoms with E-state index < -0.39 is 0 Å². The number of ether oxygens (including phenoxy) is 1. The maximum absolute atomic E-state index is 13.5. The molecule has 0 spiro atoms. The molecular weight excluding hydrogens is 502 g/mol. The van der Waals surface area contributed by atoms with Crippen molar-refractivity contribution in [2.75, 3.05) is 37.7 Å². The van der Waals surface area contributed by atoms with Crippen molar-refractivity contribution in [3.63, 3.8) is 0 Å². The van der Waals surface area contributed by atoms with Crippen LogP contribution >= 0.6 is 11.6 Å². The van der Waals surface area contributed by atoms with Gasteiger partial charge in [-0.2, -0.15) is 0 Å². The molecule has 0 aliphatic carbocycles. The smallest absolute Gasteiger partial charge is 0.253 e. The van der Waals surface area contributed by atoms with Crippen LogP contribution in [0.25, 0.3) is 10.9 Å². The molecule has 0 unspecified atom stereocenters. The monoisotopic (exact) mass is 533 g/mol. The van der Waals surface area contributed by atoms with E-state index in [-0.39, 0.29) is 17.7 Å². The van der Waals surface area contributed by atoms with Gasteiger partial charge in [-0.25, -0.2) is 4.68 Å². The topological polar surface area (TPSA) is 92.2 Å². The van der Waals surface area contributed by atoms with Gasteiger partial charge in [0.15, 0.2) is 5.82 Å². The maximum Gasteiger partial charge on any atom is 0.253 e. The highest BCUT2D eigenvalue weighted by atomic mass is 35.5. The molecule has 2 atom stereocenters. The molecule has 2 aromatic carbocycles. The number of hydrogen-bond acceptors (Lipinski definition) is 7. The van der Waals surface area contributed by atoms with Gasteiger partial charge in [0.1, 0.15) is 6.04 Å². The van der Waals surface area contributed by atoms with Gasteiger partial charge in [-0.15, -0.1) is 5.10 Å². The van der Waals surface area contributed by atoms with Gasteiger partial charge in [-0.1, -0.05) is 30.7 Å². The molecule has 2 saturated heterocycles. The molecule has 2 aliphatic rings. The van der Waals surface area contributed by atoms with Crippen LogP contribution in [-0.2, 0) is 17.7 Å². The van der Waals surface area contributed by atoms with Crippen molar-refractivity contribution in [3.8, 4) is 0 Å². The highest BCUT2D eigenvalue weighted by Crippen LogP contribution is 2.30. The van der Waals surface area contributed by atoms with Crippen LogP contribution < -0.4 is 10.5 Å². The number of anilines is 1. The van der Waals surface area contributed by atoms with Crippen molar-refractivity contribution >= 4 is 28.2 Å². The van der Waals surface area contributed by atoms with Gasteiger partial charge in [0.05, 0.1) is 12.6 Å². The van der Waals surface area contributed by atoms with Crippen molar-refractivity contribution in [2.45, 2.75) is 44.9 Å². The summed E-state index contributed by atoms with van der Waals surface area (Å²) in [5.41, 5.74) is 3.71. The lowest BCUT2D eigenvalue weighted by atomic mass is 10.0. The fourth-order valence-corrected chi connectivity index (χ4v) is 5.81. The van der Waals surface area contributed by atoms with Crippen LogP contribution in [0.1, 0.15) is 42.8 Å². The van der Waals surface area contributed by atoms with Crippen LogP contribution in [-0.4, -0.2) is 69.0 Å². The Hall–Kier alpha value is -3.27. The zero-order chi connectivity index (χ0) is 26.1. The molecular formula is C28H32ClN7O2. The Morgan fingerprint density at radius 3 is 2.76 bits per heavy atom. The zero-order valence-corrected chi connectivity index (χ0v) is 22.3. The lowest BCUT2D eigenvalue weighted by Crippen LogP contribution is -2.49. The average molecular weight is 534 g/mol. The van der Waals surface area contributed by atoms with Gasteiger partial charge >= 0.3 is 0 Å². The molecule has 2 fully saturated rings. The Bertz CT molecular complexity index is 1470. The molecule has 0 radical (unpaired) electrons. The van der Waals surface area contributed by atoms with Crippen molar-refractivity contribution in [1.82, 2.24) is 30.1 Å². The molecule has 0 bridgehead atoms. The third-order valence-corrected chi connectivity index (χ3v) is 7.93. The van der Waals surface area contributed by atoms with Crippen LogP contribution in [0.5, 0.6) is 0 Å². The molecule has 4 heterocycles. The van der Waals surface area contributed by atoms with Gasteiger partial charge in [0.25, 0.3) is 5.56 Å². The maximum atomic E-state index is 13.5. The summed E-state index contributed by atoms with van der Waals surface area (Å²) in [6.07, 6.45) is 3.04. The second kappa shape index (κ2) is 10.8. The molecule has 1 N–H and O–H groups in total. The zero-order valence-electron chi connectivity index (χ0n) is 21.5. The predicted octanol–water partition coefficient (Wildman–Crippen LogP) is 3.82. The SMILES string of the molecule is CCc1ccc2[nH]c(=O)c([C@@H](c3nnnn3C[C@@H]3CCCO3)N3CCN(c4cccc(Cl)c4)CC3)cc2c1. The minimum absolute atomic E-state index is 0.0829. The molecule has 0 amide bonds. The summed E-state index contributed by atoms with van der Waals surface area (Å²) in [5.74, 6) is 0.674. The summed E-state index contributed by atoms with van der Waals surface area (Å²) in [7, 11) is 0. The number of aromatic nitrogens is 5. The number of fused-ring (bicyclic) bond motifs is 1. The summed E-state index contributed by atoms with van der Waals surface area (Å²) >= 11 is 6.25. The lowest BCUT2D eigenvalue weighted by molar-refractivity contribution is 0.0906. The number of rotatable bonds is 7. The molecule has 2 aromatic heterocycles. The Morgan fingerprint density at radius 1 is 1.13 bits per heavy atom. The summed E-state index contributed by atoms with van der Waals surface area (Å²) in [6, 6.07) is 15.8. The van der Waals surface area contributed by atoms with E-state index >= 15 is 0 Å². The van der Waals surface area contributed by atoms with Crippen molar-refractivity contribution in [1.29, 1.82) is 0 Å². The first kappa shape index (κ1) is 25.0. The normalized spacial score (nSPS) is 19.3. The molecule has 10 heteroatoms. The number of nitrogens with one attached hydrogen (secondary N) is 1. The molecule has 2 aliphatic heterocycles. The van der Waals surface area contributed by atoms with E-state index in [1.807, 2.05) is 35.0 Å². The van der Waals surface area contributed by atoms with E-state index in [4.69, 9.17) is 16.3 Å². The van der Waals surface area contributed by atoms with E-state index in [2.05, 4.69) is 55.4 Å². The van der Waals surface area contributed by atoms with Gasteiger partial charge in [0, 0.05) is 54.6 Å². The third kappa shape index (κ3) is 5.06. The van der Waals surface area contributed by atoms with Crippen molar-refractivity contribution in [2.24, 2.45) is 0 Å². The van der Waals surface area contributed by atoms with E-state index in [9.17, 15) is 4.79 Å². The fourth-order valence-electron chi connectivity index (χ4n) is 5.62. The van der Waals surface area contributed by atoms with Gasteiger partial charge in [0.2, 0.25) is 0 Å². The summed E-state index contributed by atoms with van der Waals surface area (Å²) < 4.78 is 7.71. The molecule has 0 saturated carbocycles. The highest BCUT2D eigenvalue weighted by Gasteiger charge is 2.33. The van der Waals surface area contributed by atoms with E-state index in [0.717, 1.165) is 73.7 Å². The molecule has 38 heavy (non-hydrogen) atoms. The van der Waals surface area contributed by atoms with Gasteiger partial charge < -0.3 is 14.6 Å². The Balaban J connectivity index is 1.37. The average Bonchev–Trinajstić information content (AvgIpc) is 3.62. The van der Waals surface area contributed by atoms with Crippen LogP contribution in [0.15, 0.2) is 53.3 Å². The number of nitrogens with zero attached hydrogens (tertiary/aromatic N) is 6. The number of tetrazole rings is 1. The van der Waals surface area contributed by atoms with E-state index in [1.54, 1.807) is 0 Å². The largest absolute Gasteiger partial charge is 0.376 e. The number of aromatic amines is 1. The number of pyridine rings is 1. The Morgan fingerprint density at radius 2 is 2.00 bits per heavy atom. The van der Waals surface area contributed by atoms with Crippen molar-refractivity contribution in [3.05, 3.63) is 80.9 Å². The first-order valence-electron chi connectivity index (χ1n) is 13.4. The molecule has 9 nitrogen and oxygen atoms in total. The second-order valence-electron chi connectivity index (χ2n) is 10.1. The summed E-state index contributed by atoms with van der Waals surface area (Å²) in [5, 5.41) is 14.6. The molecule has 6 rings (SSSR count). The van der Waals surface area contributed by atoms with E-state index in [0.29, 0.717) is 17.9 Å². The third-order valence-electron chi connectivity index (χ3n) is 7.70. The van der Waals surface area contributed by atoms with Crippen LogP contribution in [0.3, 0.4) is 0 Å². The second-order valence-corrected chi connectivity index (χ2v) is 10.5. The number of benzene rings is 2. The number of H-pyrrole nitrogens is 1. The van der Waals surface area contributed by atoms with Crippen LogP contribution in [0, 0.1) is 0 Å². The lowest BCUT2D eigenvalue weighted by Gasteiger charge is -2.39. The molecule has 4 aromatic rings. The minimum Gasteiger partial charge on any atom is -0.376 e. The first-order valence-corrected chi connectivity index (χ1v) is 13.7. The van der Waals surface area contributed by atoms with Gasteiger partial charge in [-0.3, -0.25) is 9.69 Å². The van der Waals surface area contributed by atoms with Crippen LogP contribution in [0.2, 0.25) is 5.02 Å². The quantitative estimate of drug-likeness (QED) is 0.386. The fraction of sp³-hybridized carbons (Fsp3) is 0.429. The first-order chi connectivity index (χ1) is 18.6. The van der Waals surface area contributed by atoms with E-state index in [1.165, 1.54) is 5.56 Å². The highest BCUT2D eigenvalue weighted by molar-refractivity contribution is 6.30. The number of halogens is 1. The van der Waals surface area contributed by atoms with Crippen molar-refractivity contribution < 1.29 is 4.74 Å². The van der Waals surface area contributed by atoms with Crippen LogP contribution in [0.4, 0.5) is 5.69 Å². The van der Waals surface area contributed by atoms with Gasteiger partial charge in [-0.05, 0) is 77.0 Å². The number of aryl methyl sites for hydroxylation is 1. The minimum atomic E-state index is -0.383. The standard InChI is InChI=1S/C28H32ClN7O2/c1-2-19-8-9-25-20(15-19)16-24(28(37)30-25)26(27-31-32-33-36(27)18-23-7-4-14-38-23)35-12-10-34(11-13-35)22-6-3-5-21(29)17-22/h3,5-6,8-9,15-17,23,26H,2,4,7,10-14,18H2,1H3,(H,30,37)/t23-,26-/m0/s1. The predicted molar refractivity (Wildman–Crippen MR) is 148 cm³/mol. The number of hydrogen-bond donors (Lipinski definition) is 1. The summed E-state index contributed by atoms with van der Waals surface area (Å²) in [6.45, 7) is 6.57. The Labute approximate surface area is 226 Å².